The van der Waals surface area contributed by atoms with E-state index >= 15 is 0 Å². The molecule has 0 amide bonds. The number of fused-ring (bicyclic) bond motifs is 1. The van der Waals surface area contributed by atoms with Crippen LogP contribution in [-0.2, 0) is 14.8 Å². The van der Waals surface area contributed by atoms with Gasteiger partial charge in [-0.25, -0.2) is 13.4 Å². The molecule has 1 aliphatic rings. The number of nitrogens with zero attached hydrogens (tertiary/aromatic N) is 2. The highest BCUT2D eigenvalue weighted by molar-refractivity contribution is 7.89. The number of nitrogens with one attached hydrogen (secondary N) is 2. The maximum Gasteiger partial charge on any atom is 0.270 e. The molecule has 2 N–H and O–H groups in total. The van der Waals surface area contributed by atoms with Crippen LogP contribution in [0.3, 0.4) is 0 Å². The van der Waals surface area contributed by atoms with Crippen LogP contribution in [-0.4, -0.2) is 49.6 Å². The van der Waals surface area contributed by atoms with Gasteiger partial charge in [-0.2, -0.15) is 0 Å². The molecule has 0 spiro atoms. The molecule has 2 aromatic rings. The van der Waals surface area contributed by atoms with Crippen molar-refractivity contribution < 1.29 is 18.1 Å². The number of nitro benzene ring substituents is 1. The number of hydrogen-bond donors (Lipinski definition) is 2. The van der Waals surface area contributed by atoms with Crippen LogP contribution in [0, 0.1) is 10.1 Å². The molecule has 2 heterocycles. The van der Waals surface area contributed by atoms with Gasteiger partial charge in [0.2, 0.25) is 0 Å². The Kier molecular flexibility index (Phi) is 3.83. The average Bonchev–Trinajstić information content (AvgIpc) is 2.91. The summed E-state index contributed by atoms with van der Waals surface area (Å²) in [4.78, 5) is 15.6. The molecule has 9 nitrogen and oxygen atoms in total. The van der Waals surface area contributed by atoms with Crippen LogP contribution in [0.5, 0.6) is 0 Å². The van der Waals surface area contributed by atoms with Gasteiger partial charge in [0.1, 0.15) is 4.90 Å². The average molecular weight is 326 g/mol. The summed E-state index contributed by atoms with van der Waals surface area (Å²) in [7, 11) is -3.82. The number of ether oxygens (including phenoxy) is 1. The fourth-order valence-corrected chi connectivity index (χ4v) is 3.59. The van der Waals surface area contributed by atoms with E-state index in [4.69, 9.17) is 4.74 Å². The molecule has 22 heavy (non-hydrogen) atoms. The van der Waals surface area contributed by atoms with Gasteiger partial charge in [-0.1, -0.05) is 0 Å². The van der Waals surface area contributed by atoms with Gasteiger partial charge in [-0.3, -0.25) is 10.1 Å². The van der Waals surface area contributed by atoms with Gasteiger partial charge < -0.3 is 9.72 Å². The lowest BCUT2D eigenvalue weighted by molar-refractivity contribution is -0.384. The van der Waals surface area contributed by atoms with E-state index in [0.29, 0.717) is 31.8 Å². The number of hydrogen-bond acceptors (Lipinski definition) is 6. The summed E-state index contributed by atoms with van der Waals surface area (Å²) in [6.45, 7) is 1.78. The number of hydrazine groups is 1. The number of H-pyrrole nitrogens is 1. The molecule has 0 aliphatic carbocycles. The zero-order valence-electron chi connectivity index (χ0n) is 11.5. The molecule has 0 saturated carbocycles. The Bertz CT molecular complexity index is 810. The van der Waals surface area contributed by atoms with E-state index in [-0.39, 0.29) is 16.0 Å². The standard InChI is InChI=1S/C12H14N4O5S/c17-16(18)9-1-2-11-10(7-9)12(8-13-11)22(19,20)14-15-3-5-21-6-4-15/h1-2,7-8,13-14H,3-6H2. The highest BCUT2D eigenvalue weighted by atomic mass is 32.2. The first-order valence-corrected chi connectivity index (χ1v) is 8.06. The summed E-state index contributed by atoms with van der Waals surface area (Å²) < 4.78 is 30.1. The molecule has 1 aliphatic heterocycles. The third kappa shape index (κ3) is 2.81. The van der Waals surface area contributed by atoms with E-state index < -0.39 is 14.9 Å². The lowest BCUT2D eigenvalue weighted by Gasteiger charge is -2.26. The number of sulfonamides is 1. The van der Waals surface area contributed by atoms with Crippen LogP contribution in [0.2, 0.25) is 0 Å². The maximum atomic E-state index is 12.5. The summed E-state index contributed by atoms with van der Waals surface area (Å²) in [6.07, 6.45) is 1.33. The summed E-state index contributed by atoms with van der Waals surface area (Å²) in [6, 6.07) is 4.06. The second-order valence-corrected chi connectivity index (χ2v) is 6.46. The minimum absolute atomic E-state index is 0.0160. The minimum atomic E-state index is -3.82. The maximum absolute atomic E-state index is 12.5. The van der Waals surface area contributed by atoms with E-state index in [9.17, 15) is 18.5 Å². The van der Waals surface area contributed by atoms with Gasteiger partial charge in [0.25, 0.3) is 15.7 Å². The normalized spacial score (nSPS) is 16.9. The first-order chi connectivity index (χ1) is 10.5. The van der Waals surface area contributed by atoms with Gasteiger partial charge in [-0.15, -0.1) is 4.83 Å². The van der Waals surface area contributed by atoms with E-state index in [2.05, 4.69) is 9.82 Å². The highest BCUT2D eigenvalue weighted by Crippen LogP contribution is 2.26. The number of morpholine rings is 1. The van der Waals surface area contributed by atoms with Crippen LogP contribution in [0.25, 0.3) is 10.9 Å². The van der Waals surface area contributed by atoms with Crippen molar-refractivity contribution in [2.45, 2.75) is 4.90 Å². The van der Waals surface area contributed by atoms with Crippen molar-refractivity contribution >= 4 is 26.6 Å². The summed E-state index contributed by atoms with van der Waals surface area (Å²) >= 11 is 0. The Balaban J connectivity index is 1.97. The molecular weight excluding hydrogens is 312 g/mol. The third-order valence-corrected chi connectivity index (χ3v) is 4.80. The van der Waals surface area contributed by atoms with Crippen molar-refractivity contribution in [1.82, 2.24) is 14.8 Å². The Hall–Kier alpha value is -2.01. The smallest absolute Gasteiger partial charge is 0.270 e. The fourth-order valence-electron chi connectivity index (χ4n) is 2.29. The first-order valence-electron chi connectivity index (χ1n) is 6.58. The quantitative estimate of drug-likeness (QED) is 0.627. The lowest BCUT2D eigenvalue weighted by atomic mass is 10.2. The predicted octanol–water partition coefficient (Wildman–Crippen LogP) is 0.602. The van der Waals surface area contributed by atoms with Crippen molar-refractivity contribution in [3.63, 3.8) is 0 Å². The highest BCUT2D eigenvalue weighted by Gasteiger charge is 2.24. The zero-order valence-corrected chi connectivity index (χ0v) is 12.3. The molecule has 0 atom stereocenters. The molecule has 0 radical (unpaired) electrons. The molecule has 118 valence electrons. The van der Waals surface area contributed by atoms with Crippen LogP contribution < -0.4 is 4.83 Å². The van der Waals surface area contributed by atoms with Crippen molar-refractivity contribution in [2.75, 3.05) is 26.3 Å². The molecule has 3 rings (SSSR count). The largest absolute Gasteiger partial charge is 0.379 e. The second-order valence-electron chi connectivity index (χ2n) is 4.83. The van der Waals surface area contributed by atoms with Gasteiger partial charge in [-0.05, 0) is 6.07 Å². The Morgan fingerprint density at radius 1 is 1.32 bits per heavy atom. The van der Waals surface area contributed by atoms with Gasteiger partial charge in [0.05, 0.1) is 18.1 Å². The van der Waals surface area contributed by atoms with Crippen LogP contribution in [0.15, 0.2) is 29.3 Å². The molecule has 1 aromatic heterocycles. The van der Waals surface area contributed by atoms with Crippen molar-refractivity contribution in [3.05, 3.63) is 34.5 Å². The molecule has 10 heteroatoms. The van der Waals surface area contributed by atoms with Crippen LogP contribution >= 0.6 is 0 Å². The predicted molar refractivity (Wildman–Crippen MR) is 77.7 cm³/mol. The van der Waals surface area contributed by atoms with E-state index in [1.165, 1.54) is 24.4 Å². The molecule has 1 saturated heterocycles. The Morgan fingerprint density at radius 2 is 2.05 bits per heavy atom. The van der Waals surface area contributed by atoms with E-state index in [1.807, 2.05) is 0 Å². The summed E-state index contributed by atoms with van der Waals surface area (Å²) in [5, 5.41) is 12.7. The number of benzene rings is 1. The third-order valence-electron chi connectivity index (χ3n) is 3.39. The Labute approximate surface area is 126 Å². The Morgan fingerprint density at radius 3 is 2.73 bits per heavy atom. The molecule has 0 unspecified atom stereocenters. The van der Waals surface area contributed by atoms with Gasteiger partial charge in [0.15, 0.2) is 0 Å². The minimum Gasteiger partial charge on any atom is -0.379 e. The summed E-state index contributed by atoms with van der Waals surface area (Å²) in [5.74, 6) is 0. The van der Waals surface area contributed by atoms with Gasteiger partial charge in [0, 0.05) is 42.3 Å². The fraction of sp³-hybridized carbons (Fsp3) is 0.333. The second kappa shape index (κ2) is 5.65. The van der Waals surface area contributed by atoms with Crippen molar-refractivity contribution in [1.29, 1.82) is 0 Å². The van der Waals surface area contributed by atoms with Crippen molar-refractivity contribution in [2.24, 2.45) is 0 Å². The summed E-state index contributed by atoms with van der Waals surface area (Å²) in [5.41, 5.74) is 0.364. The lowest BCUT2D eigenvalue weighted by Crippen LogP contribution is -2.48. The molecule has 0 bridgehead atoms. The van der Waals surface area contributed by atoms with Crippen molar-refractivity contribution in [3.8, 4) is 0 Å². The van der Waals surface area contributed by atoms with E-state index in [1.54, 1.807) is 5.01 Å². The first kappa shape index (κ1) is 14.9. The monoisotopic (exact) mass is 326 g/mol. The number of nitro groups is 1. The van der Waals surface area contributed by atoms with Crippen LogP contribution in [0.1, 0.15) is 0 Å². The molecule has 1 fully saturated rings. The number of rotatable bonds is 4. The van der Waals surface area contributed by atoms with Crippen LogP contribution in [0.4, 0.5) is 5.69 Å². The van der Waals surface area contributed by atoms with Gasteiger partial charge >= 0.3 is 0 Å². The number of non-ortho nitro benzene ring substituents is 1. The molecule has 1 aromatic carbocycles. The molecular formula is C12H14N4O5S. The topological polar surface area (TPSA) is 118 Å². The SMILES string of the molecule is O=[N+]([O-])c1ccc2[nH]cc(S(=O)(=O)NN3CCOCC3)c2c1. The number of aromatic nitrogens is 1. The zero-order chi connectivity index (χ0) is 15.7. The van der Waals surface area contributed by atoms with E-state index in [0.717, 1.165) is 0 Å². The number of aromatic amines is 1.